The highest BCUT2D eigenvalue weighted by Crippen LogP contribution is 2.34. The fourth-order valence-corrected chi connectivity index (χ4v) is 5.24. The molecule has 0 unspecified atom stereocenters. The Kier molecular flexibility index (Phi) is 9.08. The molecule has 6 heteroatoms. The molecule has 3 aromatic rings. The fraction of sp³-hybridized carbons (Fsp3) is 0.419. The minimum Gasteiger partial charge on any atom is -0.429 e. The highest BCUT2D eigenvalue weighted by atomic mass is 19.3. The summed E-state index contributed by atoms with van der Waals surface area (Å²) in [7, 11) is 0. The van der Waals surface area contributed by atoms with Crippen molar-refractivity contribution in [3.05, 3.63) is 76.6 Å². The van der Waals surface area contributed by atoms with Crippen molar-refractivity contribution < 1.29 is 26.7 Å². The van der Waals surface area contributed by atoms with E-state index in [1.165, 1.54) is 56.6 Å². The number of halogens is 5. The Labute approximate surface area is 215 Å². The second-order valence-corrected chi connectivity index (χ2v) is 9.95. The minimum atomic E-state index is -3.36. The van der Waals surface area contributed by atoms with E-state index in [-0.39, 0.29) is 11.1 Å². The van der Waals surface area contributed by atoms with Crippen LogP contribution in [0.25, 0.3) is 10.8 Å². The van der Waals surface area contributed by atoms with Crippen LogP contribution >= 0.6 is 0 Å². The van der Waals surface area contributed by atoms with Crippen LogP contribution in [0.4, 0.5) is 22.0 Å². The van der Waals surface area contributed by atoms with Crippen LogP contribution < -0.4 is 4.74 Å². The van der Waals surface area contributed by atoms with Crippen LogP contribution in [0.2, 0.25) is 0 Å². The molecule has 0 heterocycles. The molecule has 3 aromatic carbocycles. The number of ether oxygens (including phenoxy) is 1. The minimum absolute atomic E-state index is 0.0776. The highest BCUT2D eigenvalue weighted by Gasteiger charge is 2.21. The average Bonchev–Trinajstić information content (AvgIpc) is 2.88. The maximum Gasteiger partial charge on any atom is 0.387 e. The number of rotatable bonds is 8. The standard InChI is InChI=1S/C31H31F5O/c1-2-3-4-20-5-7-21(8-6-20)9-10-22-12-16-26-25(17-22)15-14-24(29(26)34)13-11-23-18-27(32)30(28(33)19-23)37-31(35)36/h12,14-21,31H,2-10H2,1H3. The molecule has 0 atom stereocenters. The summed E-state index contributed by atoms with van der Waals surface area (Å²) in [6.45, 7) is -1.11. The normalized spacial score (nSPS) is 17.6. The Balaban J connectivity index is 1.42. The number of benzene rings is 3. The average molecular weight is 515 g/mol. The van der Waals surface area contributed by atoms with Crippen molar-refractivity contribution >= 4 is 10.8 Å². The zero-order valence-electron chi connectivity index (χ0n) is 20.9. The Morgan fingerprint density at radius 2 is 1.54 bits per heavy atom. The van der Waals surface area contributed by atoms with Crippen molar-refractivity contribution in [2.75, 3.05) is 0 Å². The van der Waals surface area contributed by atoms with Gasteiger partial charge in [0.15, 0.2) is 17.4 Å². The molecule has 1 aliphatic rings. The van der Waals surface area contributed by atoms with Crippen LogP contribution in [0.5, 0.6) is 5.75 Å². The topological polar surface area (TPSA) is 9.23 Å². The predicted octanol–water partition coefficient (Wildman–Crippen LogP) is 9.19. The Bertz CT molecular complexity index is 1260. The van der Waals surface area contributed by atoms with E-state index in [2.05, 4.69) is 23.5 Å². The Morgan fingerprint density at radius 1 is 0.865 bits per heavy atom. The molecule has 0 amide bonds. The van der Waals surface area contributed by atoms with Gasteiger partial charge in [-0.3, -0.25) is 0 Å². The van der Waals surface area contributed by atoms with Crippen LogP contribution in [0.15, 0.2) is 42.5 Å². The van der Waals surface area contributed by atoms with Gasteiger partial charge in [-0.15, -0.1) is 0 Å². The molecule has 1 aliphatic carbocycles. The first-order valence-corrected chi connectivity index (χ1v) is 13.0. The van der Waals surface area contributed by atoms with E-state index in [0.29, 0.717) is 5.39 Å². The van der Waals surface area contributed by atoms with Crippen LogP contribution in [-0.2, 0) is 6.42 Å². The van der Waals surface area contributed by atoms with Crippen LogP contribution in [0.3, 0.4) is 0 Å². The number of aryl methyl sites for hydroxylation is 1. The molecule has 1 fully saturated rings. The summed E-state index contributed by atoms with van der Waals surface area (Å²) < 4.78 is 71.4. The van der Waals surface area contributed by atoms with E-state index in [4.69, 9.17) is 0 Å². The van der Waals surface area contributed by atoms with Crippen molar-refractivity contribution in [1.82, 2.24) is 0 Å². The molecule has 196 valence electrons. The van der Waals surface area contributed by atoms with Gasteiger partial charge in [0.2, 0.25) is 0 Å². The van der Waals surface area contributed by atoms with E-state index in [1.54, 1.807) is 12.1 Å². The summed E-state index contributed by atoms with van der Waals surface area (Å²) in [6.07, 6.45) is 11.4. The number of hydrogen-bond acceptors (Lipinski definition) is 1. The van der Waals surface area contributed by atoms with Gasteiger partial charge in [0.1, 0.15) is 5.82 Å². The van der Waals surface area contributed by atoms with Crippen molar-refractivity contribution in [3.8, 4) is 17.6 Å². The van der Waals surface area contributed by atoms with Gasteiger partial charge in [0.05, 0.1) is 5.56 Å². The smallest absolute Gasteiger partial charge is 0.387 e. The molecule has 4 rings (SSSR count). The van der Waals surface area contributed by atoms with Crippen molar-refractivity contribution in [3.63, 3.8) is 0 Å². The molecular formula is C31H31F5O. The molecular weight excluding hydrogens is 483 g/mol. The van der Waals surface area contributed by atoms with Crippen LogP contribution in [-0.4, -0.2) is 6.61 Å². The number of hydrogen-bond donors (Lipinski definition) is 0. The molecule has 0 aliphatic heterocycles. The molecule has 37 heavy (non-hydrogen) atoms. The first kappa shape index (κ1) is 27.0. The van der Waals surface area contributed by atoms with Crippen molar-refractivity contribution in [2.45, 2.75) is 71.3 Å². The fourth-order valence-electron chi connectivity index (χ4n) is 5.24. The van der Waals surface area contributed by atoms with E-state index in [9.17, 15) is 17.6 Å². The van der Waals surface area contributed by atoms with E-state index in [1.807, 2.05) is 12.1 Å². The number of fused-ring (bicyclic) bond motifs is 1. The summed E-state index contributed by atoms with van der Waals surface area (Å²) in [6, 6.07) is 10.6. The predicted molar refractivity (Wildman–Crippen MR) is 136 cm³/mol. The van der Waals surface area contributed by atoms with Gasteiger partial charge < -0.3 is 4.74 Å². The monoisotopic (exact) mass is 514 g/mol. The molecule has 0 saturated heterocycles. The molecule has 0 spiro atoms. The molecule has 1 nitrogen and oxygen atoms in total. The summed E-state index contributed by atoms with van der Waals surface area (Å²) in [5, 5.41) is 1.19. The second kappa shape index (κ2) is 12.4. The highest BCUT2D eigenvalue weighted by molar-refractivity contribution is 5.85. The molecule has 0 radical (unpaired) electrons. The molecule has 0 bridgehead atoms. The summed E-state index contributed by atoms with van der Waals surface area (Å²) >= 11 is 0. The first-order chi connectivity index (χ1) is 17.8. The Hall–Kier alpha value is -3.07. The lowest BCUT2D eigenvalue weighted by Gasteiger charge is -2.28. The van der Waals surface area contributed by atoms with Gasteiger partial charge in [-0.1, -0.05) is 88.0 Å². The van der Waals surface area contributed by atoms with E-state index < -0.39 is 29.8 Å². The largest absolute Gasteiger partial charge is 0.429 e. The lowest BCUT2D eigenvalue weighted by Crippen LogP contribution is -2.15. The first-order valence-electron chi connectivity index (χ1n) is 13.0. The zero-order chi connectivity index (χ0) is 26.4. The third-order valence-electron chi connectivity index (χ3n) is 7.34. The van der Waals surface area contributed by atoms with Gasteiger partial charge in [-0.2, -0.15) is 8.78 Å². The lowest BCUT2D eigenvalue weighted by molar-refractivity contribution is -0.0546. The van der Waals surface area contributed by atoms with E-state index >= 15 is 4.39 Å². The quantitative estimate of drug-likeness (QED) is 0.215. The molecule has 0 N–H and O–H groups in total. The molecule has 0 aromatic heterocycles. The maximum absolute atomic E-state index is 15.1. The van der Waals surface area contributed by atoms with Gasteiger partial charge in [0.25, 0.3) is 0 Å². The summed E-state index contributed by atoms with van der Waals surface area (Å²) in [5.74, 6) is 2.44. The summed E-state index contributed by atoms with van der Waals surface area (Å²) in [5.41, 5.74) is 1.13. The van der Waals surface area contributed by atoms with Crippen LogP contribution in [0.1, 0.15) is 75.0 Å². The number of alkyl halides is 2. The second-order valence-electron chi connectivity index (χ2n) is 9.95. The SMILES string of the molecule is CCCCC1CCC(CCc2ccc3c(F)c(C#Cc4cc(F)c(OC(F)F)c(F)c4)ccc3c2)CC1. The van der Waals surface area contributed by atoms with Gasteiger partial charge in [-0.25, -0.2) is 13.2 Å². The van der Waals surface area contributed by atoms with Crippen LogP contribution in [0, 0.1) is 41.1 Å². The van der Waals surface area contributed by atoms with Gasteiger partial charge in [-0.05, 0) is 53.8 Å². The third-order valence-corrected chi connectivity index (χ3v) is 7.34. The zero-order valence-corrected chi connectivity index (χ0v) is 20.9. The third kappa shape index (κ3) is 7.03. The summed E-state index contributed by atoms with van der Waals surface area (Å²) in [4.78, 5) is 0. The van der Waals surface area contributed by atoms with Gasteiger partial charge >= 0.3 is 6.61 Å². The number of unbranched alkanes of at least 4 members (excludes halogenated alkanes) is 1. The van der Waals surface area contributed by atoms with E-state index in [0.717, 1.165) is 42.2 Å². The van der Waals surface area contributed by atoms with Crippen molar-refractivity contribution in [1.29, 1.82) is 0 Å². The van der Waals surface area contributed by atoms with Crippen molar-refractivity contribution in [2.24, 2.45) is 11.8 Å². The molecule has 1 saturated carbocycles. The van der Waals surface area contributed by atoms with Gasteiger partial charge in [0, 0.05) is 10.9 Å². The lowest BCUT2D eigenvalue weighted by atomic mass is 9.78. The Morgan fingerprint density at radius 3 is 2.19 bits per heavy atom. The maximum atomic E-state index is 15.1.